The summed E-state index contributed by atoms with van der Waals surface area (Å²) in [6.07, 6.45) is 4.46. The van der Waals surface area contributed by atoms with Crippen LogP contribution in [0.5, 0.6) is 5.75 Å². The van der Waals surface area contributed by atoms with Gasteiger partial charge in [-0.1, -0.05) is 24.3 Å². The lowest BCUT2D eigenvalue weighted by molar-refractivity contribution is 0.129. The Morgan fingerprint density at radius 1 is 1.10 bits per heavy atom. The summed E-state index contributed by atoms with van der Waals surface area (Å²) in [5, 5.41) is 6.74. The van der Waals surface area contributed by atoms with Crippen LogP contribution in [0.25, 0.3) is 0 Å². The van der Waals surface area contributed by atoms with Crippen LogP contribution in [-0.2, 0) is 13.1 Å². The van der Waals surface area contributed by atoms with Gasteiger partial charge in [0.1, 0.15) is 17.2 Å². The van der Waals surface area contributed by atoms with E-state index in [9.17, 15) is 0 Å². The molecule has 2 aromatic rings. The van der Waals surface area contributed by atoms with Crippen LogP contribution in [0.15, 0.2) is 47.6 Å². The number of guanidine groups is 1. The van der Waals surface area contributed by atoms with E-state index in [1.54, 1.807) is 0 Å². The number of hydrogen-bond donors (Lipinski definition) is 2. The standard InChI is InChI=1S/C24H35N5O.HI/c1-5-25-23(28-18-20-10-6-7-11-21(20)30-24(2,3)4)27-17-19-12-13-22(26-16-19)29-14-8-9-15-29;/h6-7,10-13,16H,5,8-9,14-15,17-18H2,1-4H3,(H2,25,27,28);1H. The third kappa shape index (κ3) is 8.20. The summed E-state index contributed by atoms with van der Waals surface area (Å²) in [5.74, 6) is 2.75. The average molecular weight is 537 g/mol. The van der Waals surface area contributed by atoms with E-state index >= 15 is 0 Å². The van der Waals surface area contributed by atoms with Gasteiger partial charge in [-0.25, -0.2) is 9.98 Å². The minimum atomic E-state index is -0.233. The van der Waals surface area contributed by atoms with Crippen LogP contribution >= 0.6 is 24.0 Å². The van der Waals surface area contributed by atoms with Crippen LogP contribution in [0.2, 0.25) is 0 Å². The number of para-hydroxylation sites is 1. The molecular weight excluding hydrogens is 501 g/mol. The summed E-state index contributed by atoms with van der Waals surface area (Å²) in [6.45, 7) is 12.5. The van der Waals surface area contributed by atoms with Gasteiger partial charge in [0.2, 0.25) is 0 Å². The maximum absolute atomic E-state index is 6.10. The fourth-order valence-corrected chi connectivity index (χ4v) is 3.41. The molecule has 0 radical (unpaired) electrons. The molecule has 0 saturated carbocycles. The number of nitrogens with one attached hydrogen (secondary N) is 2. The first-order valence-electron chi connectivity index (χ1n) is 10.9. The van der Waals surface area contributed by atoms with Gasteiger partial charge in [0.25, 0.3) is 0 Å². The highest BCUT2D eigenvalue weighted by molar-refractivity contribution is 14.0. The van der Waals surface area contributed by atoms with Crippen LogP contribution in [0.4, 0.5) is 5.82 Å². The third-order valence-corrected chi connectivity index (χ3v) is 4.84. The minimum Gasteiger partial charge on any atom is -0.488 e. The number of ether oxygens (including phenoxy) is 1. The molecule has 31 heavy (non-hydrogen) atoms. The first kappa shape index (κ1) is 25.2. The molecular formula is C24H36IN5O. The van der Waals surface area contributed by atoms with E-state index in [4.69, 9.17) is 9.73 Å². The molecule has 0 spiro atoms. The summed E-state index contributed by atoms with van der Waals surface area (Å²) < 4.78 is 6.10. The highest BCUT2D eigenvalue weighted by Gasteiger charge is 2.15. The molecule has 2 N–H and O–H groups in total. The Labute approximate surface area is 203 Å². The van der Waals surface area contributed by atoms with Gasteiger partial charge in [-0.3, -0.25) is 0 Å². The predicted octanol–water partition coefficient (Wildman–Crippen LogP) is 4.73. The summed E-state index contributed by atoms with van der Waals surface area (Å²) in [6, 6.07) is 12.4. The number of aliphatic imine (C=N–C) groups is 1. The van der Waals surface area contributed by atoms with Crippen LogP contribution in [0, 0.1) is 0 Å². The normalized spacial score (nSPS) is 14.2. The van der Waals surface area contributed by atoms with Crippen LogP contribution in [-0.4, -0.2) is 36.2 Å². The second-order valence-electron chi connectivity index (χ2n) is 8.59. The van der Waals surface area contributed by atoms with Crippen molar-refractivity contribution in [3.05, 3.63) is 53.7 Å². The summed E-state index contributed by atoms with van der Waals surface area (Å²) >= 11 is 0. The highest BCUT2D eigenvalue weighted by Crippen LogP contribution is 2.23. The first-order valence-corrected chi connectivity index (χ1v) is 10.9. The molecule has 1 saturated heterocycles. The van der Waals surface area contributed by atoms with Crippen LogP contribution in [0.3, 0.4) is 0 Å². The van der Waals surface area contributed by atoms with Gasteiger partial charge in [0, 0.05) is 37.9 Å². The molecule has 1 aromatic heterocycles. The Morgan fingerprint density at radius 3 is 2.48 bits per heavy atom. The van der Waals surface area contributed by atoms with Gasteiger partial charge < -0.3 is 20.3 Å². The second-order valence-corrected chi connectivity index (χ2v) is 8.59. The Kier molecular flexibility index (Phi) is 9.87. The third-order valence-electron chi connectivity index (χ3n) is 4.84. The Balaban J connectivity index is 0.00000341. The van der Waals surface area contributed by atoms with Gasteiger partial charge >= 0.3 is 0 Å². The number of hydrogen-bond acceptors (Lipinski definition) is 4. The maximum Gasteiger partial charge on any atom is 0.191 e. The van der Waals surface area contributed by atoms with E-state index in [0.717, 1.165) is 48.3 Å². The zero-order valence-electron chi connectivity index (χ0n) is 19.1. The molecule has 0 bridgehead atoms. The molecule has 170 valence electrons. The van der Waals surface area contributed by atoms with Crippen molar-refractivity contribution in [3.63, 3.8) is 0 Å². The minimum absolute atomic E-state index is 0. The Morgan fingerprint density at radius 2 is 1.84 bits per heavy atom. The van der Waals surface area contributed by atoms with E-state index in [0.29, 0.717) is 13.1 Å². The van der Waals surface area contributed by atoms with Crippen molar-refractivity contribution in [2.24, 2.45) is 4.99 Å². The van der Waals surface area contributed by atoms with Crippen molar-refractivity contribution in [2.45, 2.75) is 59.2 Å². The Hall–Kier alpha value is -2.03. The Bertz CT molecular complexity index is 827. The summed E-state index contributed by atoms with van der Waals surface area (Å²) in [5.41, 5.74) is 1.98. The molecule has 6 nitrogen and oxygen atoms in total. The van der Waals surface area contributed by atoms with Crippen molar-refractivity contribution in [3.8, 4) is 5.75 Å². The lowest BCUT2D eigenvalue weighted by Crippen LogP contribution is -2.37. The summed E-state index contributed by atoms with van der Waals surface area (Å²) in [4.78, 5) is 11.7. The van der Waals surface area contributed by atoms with E-state index < -0.39 is 0 Å². The topological polar surface area (TPSA) is 61.8 Å². The zero-order valence-corrected chi connectivity index (χ0v) is 21.5. The first-order chi connectivity index (χ1) is 14.4. The molecule has 0 atom stereocenters. The second kappa shape index (κ2) is 12.1. The monoisotopic (exact) mass is 537 g/mol. The number of pyridine rings is 1. The SMILES string of the molecule is CCNC(=NCc1ccc(N2CCCC2)nc1)NCc1ccccc1OC(C)(C)C.I. The zero-order chi connectivity index (χ0) is 21.4. The molecule has 1 aliphatic heterocycles. The average Bonchev–Trinajstić information content (AvgIpc) is 3.25. The molecule has 1 aromatic carbocycles. The number of benzene rings is 1. The van der Waals surface area contributed by atoms with Gasteiger partial charge in [-0.2, -0.15) is 0 Å². The maximum atomic E-state index is 6.10. The molecule has 7 heteroatoms. The van der Waals surface area contributed by atoms with Gasteiger partial charge in [-0.05, 0) is 58.2 Å². The number of nitrogens with zero attached hydrogens (tertiary/aromatic N) is 3. The van der Waals surface area contributed by atoms with Crippen LogP contribution in [0.1, 0.15) is 51.7 Å². The van der Waals surface area contributed by atoms with E-state index in [2.05, 4.69) is 66.4 Å². The molecule has 2 heterocycles. The van der Waals surface area contributed by atoms with E-state index in [-0.39, 0.29) is 29.6 Å². The number of aromatic nitrogens is 1. The number of anilines is 1. The van der Waals surface area contributed by atoms with Crippen molar-refractivity contribution in [2.75, 3.05) is 24.5 Å². The number of rotatable bonds is 7. The van der Waals surface area contributed by atoms with Crippen molar-refractivity contribution in [1.82, 2.24) is 15.6 Å². The fraction of sp³-hybridized carbons (Fsp3) is 0.500. The molecule has 0 unspecified atom stereocenters. The number of halogens is 1. The molecule has 0 amide bonds. The lowest BCUT2D eigenvalue weighted by atomic mass is 10.1. The molecule has 1 fully saturated rings. The summed E-state index contributed by atoms with van der Waals surface area (Å²) in [7, 11) is 0. The van der Waals surface area contributed by atoms with E-state index in [1.165, 1.54) is 12.8 Å². The van der Waals surface area contributed by atoms with Gasteiger partial charge in [0.05, 0.1) is 6.54 Å². The van der Waals surface area contributed by atoms with E-state index in [1.807, 2.05) is 24.4 Å². The molecule has 1 aliphatic rings. The molecule has 0 aliphatic carbocycles. The van der Waals surface area contributed by atoms with Crippen molar-refractivity contribution < 1.29 is 4.74 Å². The largest absolute Gasteiger partial charge is 0.488 e. The molecule has 3 rings (SSSR count). The lowest BCUT2D eigenvalue weighted by Gasteiger charge is -2.23. The quantitative estimate of drug-likeness (QED) is 0.304. The highest BCUT2D eigenvalue weighted by atomic mass is 127. The van der Waals surface area contributed by atoms with Gasteiger partial charge in [0.15, 0.2) is 5.96 Å². The van der Waals surface area contributed by atoms with Crippen molar-refractivity contribution >= 4 is 35.8 Å². The predicted molar refractivity (Wildman–Crippen MR) is 140 cm³/mol. The fourth-order valence-electron chi connectivity index (χ4n) is 3.41. The smallest absolute Gasteiger partial charge is 0.191 e. The van der Waals surface area contributed by atoms with Crippen LogP contribution < -0.4 is 20.3 Å². The van der Waals surface area contributed by atoms with Gasteiger partial charge in [-0.15, -0.1) is 24.0 Å². The van der Waals surface area contributed by atoms with Crippen molar-refractivity contribution in [1.29, 1.82) is 0 Å².